The van der Waals surface area contributed by atoms with Crippen molar-refractivity contribution in [1.29, 1.82) is 0 Å². The zero-order valence-corrected chi connectivity index (χ0v) is 10.3. The lowest BCUT2D eigenvalue weighted by Crippen LogP contribution is -2.37. The van der Waals surface area contributed by atoms with Gasteiger partial charge in [-0.3, -0.25) is 0 Å². The van der Waals surface area contributed by atoms with Gasteiger partial charge in [-0.1, -0.05) is 19.1 Å². The highest BCUT2D eigenvalue weighted by Crippen LogP contribution is 2.19. The Labute approximate surface area is 97.4 Å². The van der Waals surface area contributed by atoms with Crippen LogP contribution in [0.5, 0.6) is 5.75 Å². The fraction of sp³-hybridized carbons (Fsp3) is 0.538. The average molecular weight is 223 g/mol. The summed E-state index contributed by atoms with van der Waals surface area (Å²) in [7, 11) is 0. The molecule has 1 rings (SSSR count). The second-order valence-corrected chi connectivity index (χ2v) is 4.02. The predicted octanol–water partition coefficient (Wildman–Crippen LogP) is 1.65. The van der Waals surface area contributed by atoms with E-state index in [1.165, 1.54) is 5.56 Å². The van der Waals surface area contributed by atoms with Crippen molar-refractivity contribution in [2.45, 2.75) is 26.8 Å². The maximum absolute atomic E-state index is 9.12. The van der Waals surface area contributed by atoms with Crippen molar-refractivity contribution >= 4 is 0 Å². The Morgan fingerprint density at radius 2 is 2.12 bits per heavy atom. The molecule has 0 aliphatic rings. The van der Waals surface area contributed by atoms with E-state index in [2.05, 4.69) is 11.4 Å². The van der Waals surface area contributed by atoms with Crippen LogP contribution < -0.4 is 10.1 Å². The monoisotopic (exact) mass is 223 g/mol. The first kappa shape index (κ1) is 13.0. The maximum Gasteiger partial charge on any atom is 0.122 e. The van der Waals surface area contributed by atoms with Crippen LogP contribution in [-0.4, -0.2) is 30.9 Å². The van der Waals surface area contributed by atoms with Gasteiger partial charge in [-0.2, -0.15) is 0 Å². The van der Waals surface area contributed by atoms with Gasteiger partial charge in [0.05, 0.1) is 12.6 Å². The van der Waals surface area contributed by atoms with E-state index in [1.807, 2.05) is 32.9 Å². The van der Waals surface area contributed by atoms with Gasteiger partial charge in [0, 0.05) is 0 Å². The number of aliphatic hydroxyl groups excluding tert-OH is 1. The number of benzene rings is 1. The highest BCUT2D eigenvalue weighted by Gasteiger charge is 2.07. The van der Waals surface area contributed by atoms with Gasteiger partial charge in [0.2, 0.25) is 0 Å². The smallest absolute Gasteiger partial charge is 0.122 e. The molecule has 90 valence electrons. The van der Waals surface area contributed by atoms with E-state index in [4.69, 9.17) is 9.84 Å². The van der Waals surface area contributed by atoms with Crippen molar-refractivity contribution in [1.82, 2.24) is 5.32 Å². The third-order valence-corrected chi connectivity index (χ3v) is 2.50. The molecule has 0 spiro atoms. The summed E-state index contributed by atoms with van der Waals surface area (Å²) in [6, 6.07) is 6.14. The Balaban J connectivity index is 2.55. The highest BCUT2D eigenvalue weighted by molar-refractivity contribution is 5.35. The van der Waals surface area contributed by atoms with Gasteiger partial charge in [-0.05, 0) is 37.6 Å². The molecule has 0 aliphatic heterocycles. The van der Waals surface area contributed by atoms with E-state index in [-0.39, 0.29) is 12.6 Å². The van der Waals surface area contributed by atoms with Gasteiger partial charge >= 0.3 is 0 Å². The zero-order valence-electron chi connectivity index (χ0n) is 10.3. The third kappa shape index (κ3) is 3.83. The van der Waals surface area contributed by atoms with Crippen LogP contribution in [0.25, 0.3) is 0 Å². The van der Waals surface area contributed by atoms with Crippen molar-refractivity contribution in [2.75, 3.05) is 19.8 Å². The minimum absolute atomic E-state index is 0.00455. The summed E-state index contributed by atoms with van der Waals surface area (Å²) in [6.45, 7) is 7.51. The van der Waals surface area contributed by atoms with E-state index >= 15 is 0 Å². The van der Waals surface area contributed by atoms with E-state index in [1.54, 1.807) is 0 Å². The molecule has 0 aliphatic carbocycles. The molecule has 1 aromatic carbocycles. The standard InChI is InChI=1S/C13H21NO2/c1-4-14-12(8-15)9-16-13-7-10(2)5-6-11(13)3/h5-7,12,14-15H,4,8-9H2,1-3H3. The molecule has 3 heteroatoms. The molecule has 0 saturated heterocycles. The minimum Gasteiger partial charge on any atom is -0.492 e. The molecule has 0 bridgehead atoms. The van der Waals surface area contributed by atoms with Crippen LogP contribution in [0.15, 0.2) is 18.2 Å². The van der Waals surface area contributed by atoms with Gasteiger partial charge in [0.25, 0.3) is 0 Å². The first-order valence-electron chi connectivity index (χ1n) is 5.71. The van der Waals surface area contributed by atoms with Crippen LogP contribution in [0.2, 0.25) is 0 Å². The number of hydrogen-bond acceptors (Lipinski definition) is 3. The van der Waals surface area contributed by atoms with Crippen LogP contribution in [0.1, 0.15) is 18.1 Å². The molecular formula is C13H21NO2. The fourth-order valence-corrected chi connectivity index (χ4v) is 1.52. The van der Waals surface area contributed by atoms with Crippen LogP contribution >= 0.6 is 0 Å². The molecule has 2 N–H and O–H groups in total. The van der Waals surface area contributed by atoms with Gasteiger partial charge < -0.3 is 15.2 Å². The lowest BCUT2D eigenvalue weighted by molar-refractivity contribution is 0.184. The first-order valence-corrected chi connectivity index (χ1v) is 5.71. The Kier molecular flexibility index (Phi) is 5.29. The Morgan fingerprint density at radius 3 is 2.75 bits per heavy atom. The van der Waals surface area contributed by atoms with Gasteiger partial charge in [-0.15, -0.1) is 0 Å². The molecular weight excluding hydrogens is 202 g/mol. The van der Waals surface area contributed by atoms with E-state index < -0.39 is 0 Å². The summed E-state index contributed by atoms with van der Waals surface area (Å²) in [4.78, 5) is 0. The molecule has 0 aromatic heterocycles. The summed E-state index contributed by atoms with van der Waals surface area (Å²) in [6.07, 6.45) is 0. The first-order chi connectivity index (χ1) is 7.67. The van der Waals surface area contributed by atoms with Crippen LogP contribution in [0.3, 0.4) is 0 Å². The third-order valence-electron chi connectivity index (χ3n) is 2.50. The fourth-order valence-electron chi connectivity index (χ4n) is 1.52. The normalized spacial score (nSPS) is 12.5. The molecule has 1 aromatic rings. The summed E-state index contributed by atoms with van der Waals surface area (Å²) in [5.74, 6) is 0.899. The second-order valence-electron chi connectivity index (χ2n) is 4.02. The SMILES string of the molecule is CCNC(CO)COc1cc(C)ccc1C. The van der Waals surface area contributed by atoms with E-state index in [0.717, 1.165) is 17.9 Å². The second kappa shape index (κ2) is 6.51. The predicted molar refractivity (Wildman–Crippen MR) is 66.0 cm³/mol. The molecule has 1 atom stereocenters. The lowest BCUT2D eigenvalue weighted by Gasteiger charge is -2.17. The van der Waals surface area contributed by atoms with Crippen molar-refractivity contribution in [3.05, 3.63) is 29.3 Å². The maximum atomic E-state index is 9.12. The van der Waals surface area contributed by atoms with Crippen molar-refractivity contribution < 1.29 is 9.84 Å². The Morgan fingerprint density at radius 1 is 1.38 bits per heavy atom. The van der Waals surface area contributed by atoms with Crippen molar-refractivity contribution in [3.8, 4) is 5.75 Å². The Bertz CT molecular complexity index is 326. The van der Waals surface area contributed by atoms with E-state index in [0.29, 0.717) is 6.61 Å². The number of nitrogens with one attached hydrogen (secondary N) is 1. The number of hydrogen-bond donors (Lipinski definition) is 2. The number of likely N-dealkylation sites (N-methyl/N-ethyl adjacent to an activating group) is 1. The molecule has 1 unspecified atom stereocenters. The van der Waals surface area contributed by atoms with Crippen LogP contribution in [-0.2, 0) is 0 Å². The lowest BCUT2D eigenvalue weighted by atomic mass is 10.1. The summed E-state index contributed by atoms with van der Waals surface area (Å²) in [5, 5.41) is 12.3. The van der Waals surface area contributed by atoms with Crippen molar-refractivity contribution in [2.24, 2.45) is 0 Å². The van der Waals surface area contributed by atoms with Gasteiger partial charge in [-0.25, -0.2) is 0 Å². The molecule has 0 saturated carbocycles. The molecule has 0 radical (unpaired) electrons. The summed E-state index contributed by atoms with van der Waals surface area (Å²) < 4.78 is 5.70. The molecule has 16 heavy (non-hydrogen) atoms. The summed E-state index contributed by atoms with van der Waals surface area (Å²) in [5.41, 5.74) is 2.31. The molecule has 0 fully saturated rings. The Hall–Kier alpha value is -1.06. The molecule has 3 nitrogen and oxygen atoms in total. The quantitative estimate of drug-likeness (QED) is 0.770. The largest absolute Gasteiger partial charge is 0.492 e. The van der Waals surface area contributed by atoms with Gasteiger partial charge in [0.15, 0.2) is 0 Å². The topological polar surface area (TPSA) is 41.5 Å². The molecule has 0 amide bonds. The van der Waals surface area contributed by atoms with Crippen molar-refractivity contribution in [3.63, 3.8) is 0 Å². The highest BCUT2D eigenvalue weighted by atomic mass is 16.5. The number of aliphatic hydroxyl groups is 1. The zero-order chi connectivity index (χ0) is 12.0. The van der Waals surface area contributed by atoms with Crippen LogP contribution in [0, 0.1) is 13.8 Å². The summed E-state index contributed by atoms with van der Waals surface area (Å²) >= 11 is 0. The number of aryl methyl sites for hydroxylation is 2. The van der Waals surface area contributed by atoms with Gasteiger partial charge in [0.1, 0.15) is 12.4 Å². The average Bonchev–Trinajstić information content (AvgIpc) is 2.28. The number of ether oxygens (including phenoxy) is 1. The number of rotatable bonds is 6. The van der Waals surface area contributed by atoms with E-state index in [9.17, 15) is 0 Å². The van der Waals surface area contributed by atoms with Crippen LogP contribution in [0.4, 0.5) is 0 Å². The molecule has 0 heterocycles. The minimum atomic E-state index is 0.00455.